The Bertz CT molecular complexity index is 1310. The van der Waals surface area contributed by atoms with Gasteiger partial charge in [-0.3, -0.25) is 14.5 Å². The Balaban J connectivity index is 1.60. The van der Waals surface area contributed by atoms with Crippen molar-refractivity contribution in [3.63, 3.8) is 0 Å². The van der Waals surface area contributed by atoms with Gasteiger partial charge in [-0.05, 0) is 61.7 Å². The number of rotatable bonds is 6. The molecule has 3 aromatic carbocycles. The average molecular weight is 455 g/mol. The minimum Gasteiger partial charge on any atom is -0.454 e. The predicted molar refractivity (Wildman–Crippen MR) is 130 cm³/mol. The van der Waals surface area contributed by atoms with E-state index in [-0.39, 0.29) is 25.2 Å². The number of amides is 2. The lowest BCUT2D eigenvalue weighted by Crippen LogP contribution is -2.34. The Hall–Kier alpha value is -4.06. The number of hydrogen-bond donors (Lipinski definition) is 0. The molecule has 172 valence electrons. The molecular formula is C28H26N2O4. The molecule has 0 aromatic heterocycles. The summed E-state index contributed by atoms with van der Waals surface area (Å²) in [6.45, 7) is 6.85. The van der Waals surface area contributed by atoms with E-state index in [0.717, 1.165) is 27.9 Å². The van der Waals surface area contributed by atoms with Crippen LogP contribution < -0.4 is 14.4 Å². The molecule has 0 atom stereocenters. The second-order valence-electron chi connectivity index (χ2n) is 8.51. The van der Waals surface area contributed by atoms with Crippen LogP contribution in [0.15, 0.2) is 72.4 Å². The van der Waals surface area contributed by atoms with Gasteiger partial charge in [-0.25, -0.2) is 0 Å². The second-order valence-corrected chi connectivity index (χ2v) is 8.51. The zero-order valence-electron chi connectivity index (χ0n) is 19.5. The lowest BCUT2D eigenvalue weighted by Gasteiger charge is -2.25. The molecule has 0 saturated heterocycles. The maximum atomic E-state index is 13.8. The van der Waals surface area contributed by atoms with Crippen LogP contribution in [0.1, 0.15) is 29.2 Å². The van der Waals surface area contributed by atoms with Crippen molar-refractivity contribution in [1.82, 2.24) is 4.90 Å². The van der Waals surface area contributed by atoms with E-state index in [1.54, 1.807) is 0 Å². The van der Waals surface area contributed by atoms with E-state index >= 15 is 0 Å². The molecule has 0 aliphatic carbocycles. The Morgan fingerprint density at radius 1 is 0.882 bits per heavy atom. The fourth-order valence-corrected chi connectivity index (χ4v) is 4.59. The number of benzene rings is 3. The Kier molecular flexibility index (Phi) is 5.57. The van der Waals surface area contributed by atoms with Crippen LogP contribution in [0.2, 0.25) is 0 Å². The molecule has 2 aliphatic heterocycles. The first-order chi connectivity index (χ1) is 16.5. The number of likely N-dealkylation sites (N-methyl/N-ethyl adjacent to an activating group) is 1. The fraction of sp³-hybridized carbons (Fsp3) is 0.214. The topological polar surface area (TPSA) is 59.1 Å². The molecule has 0 N–H and O–H groups in total. The van der Waals surface area contributed by atoms with E-state index < -0.39 is 0 Å². The number of fused-ring (bicyclic) bond motifs is 1. The van der Waals surface area contributed by atoms with Crippen LogP contribution in [0.25, 0.3) is 5.57 Å². The van der Waals surface area contributed by atoms with E-state index in [9.17, 15) is 9.59 Å². The maximum Gasteiger partial charge on any atom is 0.278 e. The summed E-state index contributed by atoms with van der Waals surface area (Å²) in [7, 11) is 0. The summed E-state index contributed by atoms with van der Waals surface area (Å²) < 4.78 is 10.9. The predicted octanol–water partition coefficient (Wildman–Crippen LogP) is 4.84. The summed E-state index contributed by atoms with van der Waals surface area (Å²) in [4.78, 5) is 30.9. The van der Waals surface area contributed by atoms with Gasteiger partial charge in [0, 0.05) is 12.2 Å². The summed E-state index contributed by atoms with van der Waals surface area (Å²) in [6.07, 6.45) is 0. The fourth-order valence-electron chi connectivity index (χ4n) is 4.59. The first-order valence-electron chi connectivity index (χ1n) is 11.4. The molecule has 2 heterocycles. The highest BCUT2D eigenvalue weighted by Gasteiger charge is 2.42. The van der Waals surface area contributed by atoms with Crippen LogP contribution in [0.3, 0.4) is 0 Å². The molecule has 0 unspecified atom stereocenters. The number of ether oxygens (including phenoxy) is 2. The second kappa shape index (κ2) is 8.71. The molecule has 2 aliphatic rings. The minimum absolute atomic E-state index is 0.151. The number of nitrogens with zero attached hydrogens (tertiary/aromatic N) is 2. The molecule has 3 aromatic rings. The van der Waals surface area contributed by atoms with Crippen LogP contribution in [-0.2, 0) is 16.1 Å². The van der Waals surface area contributed by atoms with E-state index in [2.05, 4.69) is 0 Å². The van der Waals surface area contributed by atoms with Gasteiger partial charge in [0.15, 0.2) is 11.5 Å². The maximum absolute atomic E-state index is 13.8. The molecule has 2 amide bonds. The van der Waals surface area contributed by atoms with E-state index in [0.29, 0.717) is 29.3 Å². The van der Waals surface area contributed by atoms with Gasteiger partial charge in [-0.1, -0.05) is 48.0 Å². The molecule has 0 radical (unpaired) electrons. The molecule has 6 nitrogen and oxygen atoms in total. The van der Waals surface area contributed by atoms with Gasteiger partial charge in [-0.2, -0.15) is 0 Å². The number of para-hydroxylation sites is 1. The molecule has 0 saturated carbocycles. The van der Waals surface area contributed by atoms with E-state index in [1.165, 1.54) is 4.90 Å². The quantitative estimate of drug-likeness (QED) is 0.499. The van der Waals surface area contributed by atoms with E-state index in [1.807, 2.05) is 92.4 Å². The van der Waals surface area contributed by atoms with Crippen molar-refractivity contribution >= 4 is 23.1 Å². The monoisotopic (exact) mass is 454 g/mol. The van der Waals surface area contributed by atoms with Gasteiger partial charge in [-0.15, -0.1) is 0 Å². The zero-order valence-corrected chi connectivity index (χ0v) is 19.5. The average Bonchev–Trinajstić information content (AvgIpc) is 3.39. The Morgan fingerprint density at radius 3 is 2.38 bits per heavy atom. The van der Waals surface area contributed by atoms with Crippen molar-refractivity contribution in [2.75, 3.05) is 18.2 Å². The van der Waals surface area contributed by atoms with Crippen molar-refractivity contribution in [2.45, 2.75) is 27.3 Å². The SMILES string of the molecule is CCN(C1=C(c2ccc(C)cc2C)C(=O)N(Cc2ccc3c(c2)OCO3)C1=O)c1ccccc1. The van der Waals surface area contributed by atoms with Crippen LogP contribution in [0.5, 0.6) is 11.5 Å². The van der Waals surface area contributed by atoms with Crippen molar-refractivity contribution in [2.24, 2.45) is 0 Å². The van der Waals surface area contributed by atoms with E-state index in [4.69, 9.17) is 9.47 Å². The van der Waals surface area contributed by atoms with Gasteiger partial charge in [0.25, 0.3) is 11.8 Å². The molecule has 5 rings (SSSR count). The largest absolute Gasteiger partial charge is 0.454 e. The van der Waals surface area contributed by atoms with Crippen molar-refractivity contribution in [3.05, 3.63) is 94.7 Å². The van der Waals surface area contributed by atoms with Crippen molar-refractivity contribution in [1.29, 1.82) is 0 Å². The van der Waals surface area contributed by atoms with Crippen LogP contribution >= 0.6 is 0 Å². The van der Waals surface area contributed by atoms with Crippen LogP contribution in [0.4, 0.5) is 5.69 Å². The third-order valence-corrected chi connectivity index (χ3v) is 6.23. The molecule has 0 spiro atoms. The summed E-state index contributed by atoms with van der Waals surface area (Å²) in [5.41, 5.74) is 5.36. The summed E-state index contributed by atoms with van der Waals surface area (Å²) in [5, 5.41) is 0. The smallest absolute Gasteiger partial charge is 0.278 e. The Labute approximate surface area is 199 Å². The van der Waals surface area contributed by atoms with Gasteiger partial charge in [0.05, 0.1) is 12.1 Å². The number of carbonyl (C=O) groups excluding carboxylic acids is 2. The summed E-state index contributed by atoms with van der Waals surface area (Å²) >= 11 is 0. The number of carbonyl (C=O) groups is 2. The lowest BCUT2D eigenvalue weighted by atomic mass is 9.97. The molecular weight excluding hydrogens is 428 g/mol. The van der Waals surface area contributed by atoms with Crippen molar-refractivity contribution in [3.8, 4) is 11.5 Å². The Morgan fingerprint density at radius 2 is 1.65 bits per heavy atom. The molecule has 0 fully saturated rings. The zero-order chi connectivity index (χ0) is 23.8. The van der Waals surface area contributed by atoms with Crippen molar-refractivity contribution < 1.29 is 19.1 Å². The first kappa shape index (κ1) is 21.8. The summed E-state index contributed by atoms with van der Waals surface area (Å²) in [6, 6.07) is 21.2. The highest BCUT2D eigenvalue weighted by molar-refractivity contribution is 6.36. The number of anilines is 1. The third-order valence-electron chi connectivity index (χ3n) is 6.23. The molecule has 0 bridgehead atoms. The molecule has 34 heavy (non-hydrogen) atoms. The van der Waals surface area contributed by atoms with Gasteiger partial charge in [0.1, 0.15) is 5.70 Å². The first-order valence-corrected chi connectivity index (χ1v) is 11.4. The normalized spacial score (nSPS) is 14.9. The van der Waals surface area contributed by atoms with Gasteiger partial charge in [0.2, 0.25) is 6.79 Å². The summed E-state index contributed by atoms with van der Waals surface area (Å²) in [5.74, 6) is 0.694. The highest BCUT2D eigenvalue weighted by Crippen LogP contribution is 2.38. The van der Waals surface area contributed by atoms with Crippen LogP contribution in [0, 0.1) is 13.8 Å². The number of aryl methyl sites for hydroxylation is 2. The van der Waals surface area contributed by atoms with Gasteiger partial charge >= 0.3 is 0 Å². The lowest BCUT2D eigenvalue weighted by molar-refractivity contribution is -0.137. The minimum atomic E-state index is -0.302. The molecule has 6 heteroatoms. The highest BCUT2D eigenvalue weighted by atomic mass is 16.7. The number of hydrogen-bond acceptors (Lipinski definition) is 5. The van der Waals surface area contributed by atoms with Gasteiger partial charge < -0.3 is 14.4 Å². The number of imide groups is 1. The third kappa shape index (κ3) is 3.71. The van der Waals surface area contributed by atoms with Crippen LogP contribution in [-0.4, -0.2) is 30.1 Å². The standard InChI is InChI=1S/C28H26N2O4/c1-4-29(21-8-6-5-7-9-21)26-25(22-12-10-18(2)14-19(22)3)27(31)30(28(26)32)16-20-11-13-23-24(15-20)34-17-33-23/h5-15H,4,16-17H2,1-3H3.